The van der Waals surface area contributed by atoms with E-state index < -0.39 is 23.6 Å². The van der Waals surface area contributed by atoms with E-state index >= 15 is 4.39 Å². The molecule has 15 heteroatoms. The Morgan fingerprint density at radius 1 is 1.21 bits per heavy atom. The average molecular weight is 657 g/mol. The lowest BCUT2D eigenvalue weighted by atomic mass is 9.93. The maximum Gasteiger partial charge on any atom is 0.320 e. The number of aromatic nitrogens is 6. The number of piperidine rings is 1. The number of hydrogen-bond donors (Lipinski definition) is 1. The summed E-state index contributed by atoms with van der Waals surface area (Å²) >= 11 is 0. The zero-order valence-electron chi connectivity index (χ0n) is 26.3. The van der Waals surface area contributed by atoms with Crippen LogP contribution in [0.15, 0.2) is 48.9 Å². The third-order valence-corrected chi connectivity index (χ3v) is 8.84. The van der Waals surface area contributed by atoms with Crippen molar-refractivity contribution in [1.82, 2.24) is 39.3 Å². The number of rotatable bonds is 10. The molecular weight excluding hydrogens is 620 g/mol. The number of carbonyl (C=O) groups is 1. The van der Waals surface area contributed by atoms with Gasteiger partial charge in [0.05, 0.1) is 42.2 Å². The van der Waals surface area contributed by atoms with Crippen LogP contribution in [0.25, 0.3) is 22.3 Å². The van der Waals surface area contributed by atoms with E-state index in [0.29, 0.717) is 47.3 Å². The Morgan fingerprint density at radius 3 is 2.57 bits per heavy atom. The summed E-state index contributed by atoms with van der Waals surface area (Å²) < 4.78 is 64.9. The predicted octanol–water partition coefficient (Wildman–Crippen LogP) is 4.58. The molecule has 2 saturated heterocycles. The zero-order valence-corrected chi connectivity index (χ0v) is 26.3. The highest BCUT2D eigenvalue weighted by atomic mass is 19.3. The summed E-state index contributed by atoms with van der Waals surface area (Å²) in [4.78, 5) is 23.7. The van der Waals surface area contributed by atoms with Crippen LogP contribution in [0.1, 0.15) is 50.7 Å². The highest BCUT2D eigenvalue weighted by molar-refractivity contribution is 5.93. The molecule has 2 aliphatic heterocycles. The van der Waals surface area contributed by atoms with E-state index in [2.05, 4.69) is 31.8 Å². The third kappa shape index (κ3) is 6.46. The van der Waals surface area contributed by atoms with Gasteiger partial charge in [-0.15, -0.1) is 5.10 Å². The maximum absolute atomic E-state index is 15.3. The number of imidazole rings is 1. The summed E-state index contributed by atoms with van der Waals surface area (Å²) in [6, 6.07) is 5.69. The molecule has 11 nitrogen and oxygen atoms in total. The average Bonchev–Trinajstić information content (AvgIpc) is 3.62. The molecule has 0 radical (unpaired) electrons. The normalized spacial score (nSPS) is 18.4. The van der Waals surface area contributed by atoms with E-state index in [-0.39, 0.29) is 60.7 Å². The highest BCUT2D eigenvalue weighted by Crippen LogP contribution is 2.37. The van der Waals surface area contributed by atoms with Crippen LogP contribution in [-0.4, -0.2) is 95.3 Å². The van der Waals surface area contributed by atoms with Crippen LogP contribution >= 0.6 is 0 Å². The van der Waals surface area contributed by atoms with Gasteiger partial charge in [0.1, 0.15) is 41.3 Å². The molecule has 0 spiro atoms. The number of benzene rings is 1. The topological polar surface area (TPSA) is 114 Å². The Hall–Kier alpha value is -4.37. The van der Waals surface area contributed by atoms with Crippen molar-refractivity contribution in [2.24, 2.45) is 0 Å². The van der Waals surface area contributed by atoms with Crippen molar-refractivity contribution in [3.8, 4) is 17.0 Å². The molecule has 2 fully saturated rings. The Morgan fingerprint density at radius 2 is 1.94 bits per heavy atom. The number of amides is 1. The lowest BCUT2D eigenvalue weighted by Crippen LogP contribution is -2.65. The van der Waals surface area contributed by atoms with Crippen LogP contribution in [0.5, 0.6) is 5.75 Å². The fraction of sp³-hybridized carbons (Fsp3) is 0.469. The number of likely N-dealkylation sites (tertiary alicyclic amines) is 2. The predicted molar refractivity (Wildman–Crippen MR) is 164 cm³/mol. The molecule has 0 saturated carbocycles. The molecule has 3 aromatic heterocycles. The molecule has 0 aliphatic carbocycles. The maximum atomic E-state index is 15.3. The second kappa shape index (κ2) is 12.3. The van der Waals surface area contributed by atoms with Crippen LogP contribution < -0.4 is 4.74 Å². The Labute approximate surface area is 268 Å². The molecule has 1 N–H and O–H groups in total. The van der Waals surface area contributed by atoms with Gasteiger partial charge in [-0.3, -0.25) is 19.2 Å². The quantitative estimate of drug-likeness (QED) is 0.195. The van der Waals surface area contributed by atoms with Crippen LogP contribution in [0, 0.1) is 12.7 Å². The first-order valence-electron chi connectivity index (χ1n) is 15.3. The summed E-state index contributed by atoms with van der Waals surface area (Å²) in [5, 5.41) is 19.9. The minimum Gasteiger partial charge on any atom is -0.488 e. The molecular formula is C32H36F4N8O3. The van der Waals surface area contributed by atoms with Crippen LogP contribution in [0.3, 0.4) is 0 Å². The number of fused-ring (bicyclic) bond motifs is 1. The molecule has 47 heavy (non-hydrogen) atoms. The summed E-state index contributed by atoms with van der Waals surface area (Å²) in [6.45, 7) is 6.98. The Bertz CT molecular complexity index is 1790. The molecule has 250 valence electrons. The largest absolute Gasteiger partial charge is 0.488 e. The number of alkyl halides is 3. The molecule has 6 rings (SSSR count). The second-order valence-electron chi connectivity index (χ2n) is 12.8. The fourth-order valence-electron chi connectivity index (χ4n) is 6.34. The number of hydrogen-bond acceptors (Lipinski definition) is 8. The smallest absolute Gasteiger partial charge is 0.320 e. The monoisotopic (exact) mass is 656 g/mol. The molecule has 2 aliphatic rings. The summed E-state index contributed by atoms with van der Waals surface area (Å²) in [5.41, 5.74) is -0.494. The molecule has 1 unspecified atom stereocenters. The van der Waals surface area contributed by atoms with Gasteiger partial charge in [-0.1, -0.05) is 11.8 Å². The van der Waals surface area contributed by atoms with Crippen LogP contribution in [0.4, 0.5) is 17.6 Å². The molecule has 4 aromatic rings. The van der Waals surface area contributed by atoms with Gasteiger partial charge in [0.15, 0.2) is 5.67 Å². The summed E-state index contributed by atoms with van der Waals surface area (Å²) in [7, 11) is 0. The van der Waals surface area contributed by atoms with Gasteiger partial charge in [-0.05, 0) is 57.9 Å². The minimum atomic E-state index is -2.89. The Kier molecular flexibility index (Phi) is 8.55. The van der Waals surface area contributed by atoms with Crippen molar-refractivity contribution in [2.45, 2.75) is 57.5 Å². The van der Waals surface area contributed by atoms with Crippen molar-refractivity contribution in [2.75, 3.05) is 39.3 Å². The van der Waals surface area contributed by atoms with Crippen molar-refractivity contribution < 1.29 is 32.2 Å². The first-order valence-corrected chi connectivity index (χ1v) is 15.3. The molecule has 0 bridgehead atoms. The van der Waals surface area contributed by atoms with E-state index in [1.807, 2.05) is 11.6 Å². The molecule has 1 atom stereocenters. The van der Waals surface area contributed by atoms with Crippen molar-refractivity contribution in [1.29, 1.82) is 0 Å². The van der Waals surface area contributed by atoms with Crippen molar-refractivity contribution >= 4 is 16.9 Å². The Balaban J connectivity index is 1.18. The molecule has 1 amide bonds. The third-order valence-electron chi connectivity index (χ3n) is 8.84. The van der Waals surface area contributed by atoms with E-state index in [1.165, 1.54) is 17.9 Å². The van der Waals surface area contributed by atoms with E-state index in [0.717, 1.165) is 24.3 Å². The summed E-state index contributed by atoms with van der Waals surface area (Å²) in [6.07, 6.45) is 3.42. The van der Waals surface area contributed by atoms with Crippen LogP contribution in [0.2, 0.25) is 0 Å². The van der Waals surface area contributed by atoms with Gasteiger partial charge in [0.25, 0.3) is 0 Å². The lowest BCUT2D eigenvalue weighted by molar-refractivity contribution is -0.143. The lowest BCUT2D eigenvalue weighted by Gasteiger charge is -2.47. The first kappa shape index (κ1) is 32.6. The van der Waals surface area contributed by atoms with Crippen molar-refractivity contribution in [3.63, 3.8) is 0 Å². The van der Waals surface area contributed by atoms with Gasteiger partial charge in [-0.25, -0.2) is 18.4 Å². The first-order chi connectivity index (χ1) is 22.2. The molecule has 1 aromatic carbocycles. The van der Waals surface area contributed by atoms with Gasteiger partial charge in [-0.2, -0.15) is 8.78 Å². The van der Waals surface area contributed by atoms with E-state index in [1.54, 1.807) is 19.1 Å². The number of halogens is 4. The fourth-order valence-corrected chi connectivity index (χ4v) is 6.34. The van der Waals surface area contributed by atoms with Gasteiger partial charge in [0.2, 0.25) is 5.91 Å². The zero-order chi connectivity index (χ0) is 33.7. The van der Waals surface area contributed by atoms with Gasteiger partial charge < -0.3 is 14.7 Å². The number of nitrogens with zero attached hydrogens (tertiary/aromatic N) is 8. The molecule has 5 heterocycles. The number of aliphatic hydroxyl groups is 1. The standard InChI is InChI=1S/C32H36F4N8O3/c1-19(2)29(45)42-15-32(36,16-42)14-41-9-7-23(8-10-41)44-20(3)27(39-40-44)21-11-24-28(43(18-38-24)30(34)35)25(12-21)47-17-31(4,46)26-6-5-22(33)13-37-26/h5-6,11-13,18,23,30,46H,1,7-10,14-17H2,2-4H3. The minimum absolute atomic E-state index is 0.0155. The van der Waals surface area contributed by atoms with E-state index in [9.17, 15) is 23.1 Å². The number of ether oxygens (including phenoxy) is 1. The number of pyridine rings is 1. The second-order valence-corrected chi connectivity index (χ2v) is 12.8. The number of carbonyl (C=O) groups excluding carboxylic acids is 1. The van der Waals surface area contributed by atoms with Crippen LogP contribution in [-0.2, 0) is 10.4 Å². The summed E-state index contributed by atoms with van der Waals surface area (Å²) in [5.74, 6) is -0.746. The van der Waals surface area contributed by atoms with Gasteiger partial charge >= 0.3 is 6.55 Å². The SMILES string of the molecule is C=C(C)C(=O)N1CC(F)(CN2CCC(n3nnc(-c4cc(OCC(C)(O)c5ccc(F)cn5)c5c(c4)ncn5C(F)F)c3C)CC2)C1. The van der Waals surface area contributed by atoms with E-state index in [4.69, 9.17) is 4.74 Å². The van der Waals surface area contributed by atoms with Crippen molar-refractivity contribution in [3.05, 3.63) is 66.1 Å². The highest BCUT2D eigenvalue weighted by Gasteiger charge is 2.47. The van der Waals surface area contributed by atoms with Gasteiger partial charge in [0, 0.05) is 30.8 Å².